The first-order valence-corrected chi connectivity index (χ1v) is 9.80. The summed E-state index contributed by atoms with van der Waals surface area (Å²) in [6.07, 6.45) is 0.917. The van der Waals surface area contributed by atoms with Crippen LogP contribution in [0.2, 0.25) is 0 Å². The number of piperidine rings is 1. The van der Waals surface area contributed by atoms with Crippen molar-refractivity contribution in [2.75, 3.05) is 6.54 Å². The lowest BCUT2D eigenvalue weighted by Gasteiger charge is -2.41. The third-order valence-electron chi connectivity index (χ3n) is 5.10. The molecule has 0 radical (unpaired) electrons. The van der Waals surface area contributed by atoms with E-state index in [0.717, 1.165) is 11.1 Å². The van der Waals surface area contributed by atoms with Crippen LogP contribution in [0.25, 0.3) is 0 Å². The van der Waals surface area contributed by atoms with Gasteiger partial charge in [0.25, 0.3) is 0 Å². The summed E-state index contributed by atoms with van der Waals surface area (Å²) < 4.78 is 0. The van der Waals surface area contributed by atoms with Crippen molar-refractivity contribution in [3.05, 3.63) is 71.8 Å². The van der Waals surface area contributed by atoms with Crippen LogP contribution in [0, 0.1) is 5.92 Å². The highest BCUT2D eigenvalue weighted by molar-refractivity contribution is 5.85. The maximum absolute atomic E-state index is 13.0. The quantitative estimate of drug-likeness (QED) is 0.810. The molecule has 2 atom stereocenters. The third kappa shape index (κ3) is 4.98. The fourth-order valence-corrected chi connectivity index (χ4v) is 3.70. The zero-order chi connectivity index (χ0) is 20.1. The van der Waals surface area contributed by atoms with E-state index in [4.69, 9.17) is 5.73 Å². The van der Waals surface area contributed by atoms with Gasteiger partial charge in [-0.05, 0) is 31.4 Å². The summed E-state index contributed by atoms with van der Waals surface area (Å²) in [7, 11) is 0. The van der Waals surface area contributed by atoms with Crippen LogP contribution in [-0.4, -0.2) is 28.8 Å². The van der Waals surface area contributed by atoms with Crippen molar-refractivity contribution in [1.29, 1.82) is 0 Å². The minimum absolute atomic E-state index is 0.0436. The van der Waals surface area contributed by atoms with Crippen LogP contribution in [0.3, 0.4) is 0 Å². The van der Waals surface area contributed by atoms with Crippen molar-refractivity contribution >= 4 is 11.8 Å². The van der Waals surface area contributed by atoms with E-state index in [0.29, 0.717) is 25.9 Å². The minimum atomic E-state index is -0.480. The van der Waals surface area contributed by atoms with E-state index in [1.165, 1.54) is 0 Å². The second-order valence-corrected chi connectivity index (χ2v) is 8.21. The van der Waals surface area contributed by atoms with Crippen molar-refractivity contribution in [2.24, 2.45) is 11.7 Å². The number of amides is 2. The van der Waals surface area contributed by atoms with E-state index in [2.05, 4.69) is 5.32 Å². The summed E-state index contributed by atoms with van der Waals surface area (Å²) >= 11 is 0. The van der Waals surface area contributed by atoms with Crippen molar-refractivity contribution < 1.29 is 9.59 Å². The number of hydrogen-bond acceptors (Lipinski definition) is 3. The van der Waals surface area contributed by atoms with Crippen LogP contribution in [0.15, 0.2) is 60.7 Å². The highest BCUT2D eigenvalue weighted by atomic mass is 16.2. The highest BCUT2D eigenvalue weighted by Gasteiger charge is 2.40. The van der Waals surface area contributed by atoms with Gasteiger partial charge in [-0.15, -0.1) is 0 Å². The van der Waals surface area contributed by atoms with E-state index in [9.17, 15) is 9.59 Å². The summed E-state index contributed by atoms with van der Waals surface area (Å²) in [6.45, 7) is 4.66. The van der Waals surface area contributed by atoms with E-state index in [1.54, 1.807) is 0 Å². The summed E-state index contributed by atoms with van der Waals surface area (Å²) in [5.41, 5.74) is 7.59. The lowest BCUT2D eigenvalue weighted by Crippen LogP contribution is -2.51. The largest absolute Gasteiger partial charge is 0.354 e. The van der Waals surface area contributed by atoms with Gasteiger partial charge in [0.15, 0.2) is 0 Å². The summed E-state index contributed by atoms with van der Waals surface area (Å²) in [5, 5.41) is 2.99. The van der Waals surface area contributed by atoms with E-state index in [-0.39, 0.29) is 23.8 Å². The number of rotatable bonds is 6. The second-order valence-electron chi connectivity index (χ2n) is 8.21. The highest BCUT2D eigenvalue weighted by Crippen LogP contribution is 2.38. The summed E-state index contributed by atoms with van der Waals surface area (Å²) in [6, 6.07) is 19.5. The van der Waals surface area contributed by atoms with Gasteiger partial charge in [0.1, 0.15) is 0 Å². The van der Waals surface area contributed by atoms with Crippen LogP contribution in [0.4, 0.5) is 0 Å². The fourth-order valence-electron chi connectivity index (χ4n) is 3.70. The molecule has 2 aromatic rings. The van der Waals surface area contributed by atoms with Crippen molar-refractivity contribution in [3.8, 4) is 0 Å². The standard InChI is InChI=1S/C23H29N3O2/c1-23(2,24)16-25-22(28)19-13-14-20(27)26(15-17-9-5-3-6-10-17)21(19)18-11-7-4-8-12-18/h3-12,19,21H,13-16,24H2,1-2H3,(H,25,28). The van der Waals surface area contributed by atoms with Gasteiger partial charge < -0.3 is 16.0 Å². The van der Waals surface area contributed by atoms with Gasteiger partial charge in [-0.3, -0.25) is 9.59 Å². The lowest BCUT2D eigenvalue weighted by atomic mass is 9.83. The van der Waals surface area contributed by atoms with Crippen molar-refractivity contribution in [3.63, 3.8) is 0 Å². The average molecular weight is 380 g/mol. The number of nitrogens with two attached hydrogens (primary N) is 1. The van der Waals surface area contributed by atoms with Gasteiger partial charge in [0, 0.05) is 25.0 Å². The number of likely N-dealkylation sites (tertiary alicyclic amines) is 1. The molecular weight excluding hydrogens is 350 g/mol. The molecule has 5 nitrogen and oxygen atoms in total. The molecular formula is C23H29N3O2. The van der Waals surface area contributed by atoms with E-state index in [1.807, 2.05) is 79.4 Å². The molecule has 0 bridgehead atoms. The molecule has 0 aliphatic carbocycles. The Kier molecular flexibility index (Phi) is 6.15. The molecule has 0 saturated carbocycles. The molecule has 28 heavy (non-hydrogen) atoms. The van der Waals surface area contributed by atoms with Gasteiger partial charge in [0.2, 0.25) is 11.8 Å². The molecule has 0 aromatic heterocycles. The van der Waals surface area contributed by atoms with Crippen LogP contribution in [-0.2, 0) is 16.1 Å². The first-order chi connectivity index (χ1) is 13.3. The topological polar surface area (TPSA) is 75.4 Å². The van der Waals surface area contributed by atoms with E-state index < -0.39 is 5.54 Å². The van der Waals surface area contributed by atoms with Crippen LogP contribution in [0.5, 0.6) is 0 Å². The third-order valence-corrected chi connectivity index (χ3v) is 5.10. The Morgan fingerprint density at radius 1 is 1.11 bits per heavy atom. The molecule has 2 unspecified atom stereocenters. The lowest BCUT2D eigenvalue weighted by molar-refractivity contribution is -0.144. The van der Waals surface area contributed by atoms with Gasteiger partial charge in [-0.2, -0.15) is 0 Å². The molecule has 1 fully saturated rings. The van der Waals surface area contributed by atoms with Gasteiger partial charge >= 0.3 is 0 Å². The Bertz CT molecular complexity index is 800. The summed E-state index contributed by atoms with van der Waals surface area (Å²) in [4.78, 5) is 27.7. The average Bonchev–Trinajstić information content (AvgIpc) is 2.68. The molecule has 3 rings (SSSR count). The molecule has 1 saturated heterocycles. The number of carbonyl (C=O) groups is 2. The number of nitrogens with one attached hydrogen (secondary N) is 1. The molecule has 3 N–H and O–H groups in total. The second kappa shape index (κ2) is 8.57. The van der Waals surface area contributed by atoms with Crippen LogP contribution >= 0.6 is 0 Å². The number of carbonyl (C=O) groups excluding carboxylic acids is 2. The molecule has 2 amide bonds. The molecule has 5 heteroatoms. The van der Waals surface area contributed by atoms with Crippen molar-refractivity contribution in [2.45, 2.75) is 44.8 Å². The Morgan fingerprint density at radius 2 is 1.71 bits per heavy atom. The molecule has 0 spiro atoms. The first-order valence-electron chi connectivity index (χ1n) is 9.80. The molecule has 1 heterocycles. The smallest absolute Gasteiger partial charge is 0.225 e. The molecule has 1 aliphatic heterocycles. The van der Waals surface area contributed by atoms with Gasteiger partial charge in [0.05, 0.1) is 12.0 Å². The van der Waals surface area contributed by atoms with Crippen molar-refractivity contribution in [1.82, 2.24) is 10.2 Å². The van der Waals surface area contributed by atoms with Crippen LogP contribution < -0.4 is 11.1 Å². The maximum atomic E-state index is 13.0. The zero-order valence-corrected chi connectivity index (χ0v) is 16.6. The number of nitrogens with zero attached hydrogens (tertiary/aromatic N) is 1. The predicted octanol–water partition coefficient (Wildman–Crippen LogP) is 3.02. The Morgan fingerprint density at radius 3 is 2.32 bits per heavy atom. The Hall–Kier alpha value is -2.66. The Labute approximate surface area is 166 Å². The molecule has 148 valence electrons. The predicted molar refractivity (Wildman–Crippen MR) is 110 cm³/mol. The monoisotopic (exact) mass is 379 g/mol. The normalized spacial score (nSPS) is 20.1. The maximum Gasteiger partial charge on any atom is 0.225 e. The SMILES string of the molecule is CC(C)(N)CNC(=O)C1CCC(=O)N(Cc2ccccc2)C1c1ccccc1. The minimum Gasteiger partial charge on any atom is -0.354 e. The van der Waals surface area contributed by atoms with E-state index >= 15 is 0 Å². The van der Waals surface area contributed by atoms with Gasteiger partial charge in [-0.1, -0.05) is 60.7 Å². The summed E-state index contributed by atoms with van der Waals surface area (Å²) in [5.74, 6) is -0.259. The Balaban J connectivity index is 1.90. The molecule has 1 aliphatic rings. The van der Waals surface area contributed by atoms with Crippen LogP contribution in [0.1, 0.15) is 43.9 Å². The number of benzene rings is 2. The zero-order valence-electron chi connectivity index (χ0n) is 16.6. The molecule has 2 aromatic carbocycles. The van der Waals surface area contributed by atoms with Gasteiger partial charge in [-0.25, -0.2) is 0 Å². The fraction of sp³-hybridized carbons (Fsp3) is 0.391. The first kappa shape index (κ1) is 20.1. The number of hydrogen-bond donors (Lipinski definition) is 2.